The highest BCUT2D eigenvalue weighted by molar-refractivity contribution is 5.96. The lowest BCUT2D eigenvalue weighted by atomic mass is 10.3. The zero-order chi connectivity index (χ0) is 18.8. The second-order valence-corrected chi connectivity index (χ2v) is 6.16. The lowest BCUT2D eigenvalue weighted by molar-refractivity contribution is -0.121. The SMILES string of the molecule is O=C(CN1CCN(c2ccccc2F)C1=O)NCc1nc2ccccc2o1. The summed E-state index contributed by atoms with van der Waals surface area (Å²) in [5.74, 6) is -0.403. The Morgan fingerprint density at radius 2 is 1.93 bits per heavy atom. The Hall–Kier alpha value is -3.42. The quantitative estimate of drug-likeness (QED) is 0.751. The molecule has 27 heavy (non-hydrogen) atoms. The number of nitrogens with zero attached hydrogens (tertiary/aromatic N) is 3. The number of anilines is 1. The van der Waals surface area contributed by atoms with Gasteiger partial charge in [0, 0.05) is 13.1 Å². The average Bonchev–Trinajstić information content (AvgIpc) is 3.24. The minimum absolute atomic E-state index is 0.107. The predicted molar refractivity (Wildman–Crippen MR) is 96.6 cm³/mol. The van der Waals surface area contributed by atoms with Crippen LogP contribution in [0, 0.1) is 5.82 Å². The Kier molecular flexibility index (Phi) is 4.45. The van der Waals surface area contributed by atoms with E-state index in [0.717, 1.165) is 5.52 Å². The molecule has 4 rings (SSSR count). The molecule has 0 bridgehead atoms. The van der Waals surface area contributed by atoms with Crippen LogP contribution in [0.1, 0.15) is 5.89 Å². The molecule has 0 unspecified atom stereocenters. The normalized spacial score (nSPS) is 14.2. The van der Waals surface area contributed by atoms with E-state index in [2.05, 4.69) is 10.3 Å². The van der Waals surface area contributed by atoms with Gasteiger partial charge in [-0.25, -0.2) is 14.2 Å². The Morgan fingerprint density at radius 3 is 2.74 bits per heavy atom. The van der Waals surface area contributed by atoms with Crippen molar-refractivity contribution in [1.82, 2.24) is 15.2 Å². The monoisotopic (exact) mass is 368 g/mol. The summed E-state index contributed by atoms with van der Waals surface area (Å²) in [6.45, 7) is 0.707. The summed E-state index contributed by atoms with van der Waals surface area (Å²) >= 11 is 0. The number of para-hydroxylation sites is 3. The van der Waals surface area contributed by atoms with E-state index < -0.39 is 11.8 Å². The van der Waals surface area contributed by atoms with Crippen LogP contribution in [0.15, 0.2) is 52.9 Å². The molecule has 2 heterocycles. The molecule has 3 aromatic rings. The summed E-state index contributed by atoms with van der Waals surface area (Å²) in [4.78, 5) is 31.6. The van der Waals surface area contributed by atoms with E-state index in [1.165, 1.54) is 15.9 Å². The van der Waals surface area contributed by atoms with Crippen LogP contribution in [-0.4, -0.2) is 41.5 Å². The van der Waals surface area contributed by atoms with Crippen LogP contribution in [0.4, 0.5) is 14.9 Å². The van der Waals surface area contributed by atoms with Crippen molar-refractivity contribution >= 4 is 28.7 Å². The minimum atomic E-state index is -0.465. The number of fused-ring (bicyclic) bond motifs is 1. The number of urea groups is 1. The van der Waals surface area contributed by atoms with Crippen molar-refractivity contribution in [3.05, 3.63) is 60.2 Å². The van der Waals surface area contributed by atoms with Crippen molar-refractivity contribution in [3.63, 3.8) is 0 Å². The van der Waals surface area contributed by atoms with Gasteiger partial charge in [-0.05, 0) is 24.3 Å². The number of rotatable bonds is 5. The first-order valence-corrected chi connectivity index (χ1v) is 8.54. The Bertz CT molecular complexity index is 970. The van der Waals surface area contributed by atoms with Gasteiger partial charge in [-0.1, -0.05) is 24.3 Å². The van der Waals surface area contributed by atoms with E-state index in [1.807, 2.05) is 18.2 Å². The van der Waals surface area contributed by atoms with Gasteiger partial charge in [0.2, 0.25) is 11.8 Å². The number of hydrogen-bond donors (Lipinski definition) is 1. The lowest BCUT2D eigenvalue weighted by Gasteiger charge is -2.18. The first kappa shape index (κ1) is 17.0. The highest BCUT2D eigenvalue weighted by Gasteiger charge is 2.32. The van der Waals surface area contributed by atoms with Crippen LogP contribution in [0.5, 0.6) is 0 Å². The second-order valence-electron chi connectivity index (χ2n) is 6.16. The number of halogens is 1. The first-order valence-electron chi connectivity index (χ1n) is 8.54. The fraction of sp³-hybridized carbons (Fsp3) is 0.211. The van der Waals surface area contributed by atoms with Crippen molar-refractivity contribution in [2.45, 2.75) is 6.54 Å². The molecule has 1 aliphatic heterocycles. The fourth-order valence-corrected chi connectivity index (χ4v) is 3.02. The van der Waals surface area contributed by atoms with Gasteiger partial charge in [0.25, 0.3) is 0 Å². The van der Waals surface area contributed by atoms with Crippen molar-refractivity contribution < 1.29 is 18.4 Å². The summed E-state index contributed by atoms with van der Waals surface area (Å²) in [5.41, 5.74) is 1.59. The molecule has 138 valence electrons. The van der Waals surface area contributed by atoms with E-state index >= 15 is 0 Å². The molecule has 1 aromatic heterocycles. The molecular weight excluding hydrogens is 351 g/mol. The molecule has 0 radical (unpaired) electrons. The van der Waals surface area contributed by atoms with Gasteiger partial charge in [-0.2, -0.15) is 0 Å². The third-order valence-corrected chi connectivity index (χ3v) is 4.35. The Balaban J connectivity index is 1.34. The summed E-state index contributed by atoms with van der Waals surface area (Å²) in [5, 5.41) is 2.69. The number of benzene rings is 2. The van der Waals surface area contributed by atoms with E-state index in [9.17, 15) is 14.0 Å². The van der Waals surface area contributed by atoms with Crippen molar-refractivity contribution in [2.24, 2.45) is 0 Å². The number of hydrogen-bond acceptors (Lipinski definition) is 4. The van der Waals surface area contributed by atoms with E-state index in [0.29, 0.717) is 24.6 Å². The highest BCUT2D eigenvalue weighted by Crippen LogP contribution is 2.23. The maximum absolute atomic E-state index is 13.9. The predicted octanol–water partition coefficient (Wildman–Crippen LogP) is 2.53. The Morgan fingerprint density at radius 1 is 1.15 bits per heavy atom. The van der Waals surface area contributed by atoms with Crippen LogP contribution >= 0.6 is 0 Å². The van der Waals surface area contributed by atoms with Gasteiger partial charge in [0.05, 0.1) is 12.2 Å². The molecule has 1 saturated heterocycles. The van der Waals surface area contributed by atoms with Gasteiger partial charge >= 0.3 is 6.03 Å². The molecule has 0 aliphatic carbocycles. The number of amides is 3. The second kappa shape index (κ2) is 7.06. The number of oxazole rings is 1. The number of carbonyl (C=O) groups is 2. The van der Waals surface area contributed by atoms with Gasteiger partial charge in [-0.15, -0.1) is 0 Å². The van der Waals surface area contributed by atoms with Crippen molar-refractivity contribution in [2.75, 3.05) is 24.5 Å². The molecular formula is C19H17FN4O3. The van der Waals surface area contributed by atoms with Crippen LogP contribution in [-0.2, 0) is 11.3 Å². The Labute approximate surface area is 154 Å². The molecule has 0 atom stereocenters. The van der Waals surface area contributed by atoms with Crippen LogP contribution in [0.25, 0.3) is 11.1 Å². The maximum Gasteiger partial charge on any atom is 0.325 e. The van der Waals surface area contributed by atoms with Crippen LogP contribution < -0.4 is 10.2 Å². The first-order chi connectivity index (χ1) is 13.1. The zero-order valence-electron chi connectivity index (χ0n) is 14.4. The largest absolute Gasteiger partial charge is 0.439 e. The molecule has 0 saturated carbocycles. The molecule has 1 aliphatic rings. The molecule has 8 heteroatoms. The van der Waals surface area contributed by atoms with Crippen LogP contribution in [0.3, 0.4) is 0 Å². The number of carbonyl (C=O) groups excluding carboxylic acids is 2. The summed E-state index contributed by atoms with van der Waals surface area (Å²) in [6, 6.07) is 13.0. The topological polar surface area (TPSA) is 78.7 Å². The van der Waals surface area contributed by atoms with Gasteiger partial charge in [-0.3, -0.25) is 9.69 Å². The lowest BCUT2D eigenvalue weighted by Crippen LogP contribution is -2.39. The third kappa shape index (κ3) is 3.46. The highest BCUT2D eigenvalue weighted by atomic mass is 19.1. The standard InChI is InChI=1S/C19H17FN4O3/c20-13-5-1-3-7-15(13)24-10-9-23(19(24)26)12-17(25)21-11-18-22-14-6-2-4-8-16(14)27-18/h1-8H,9-12H2,(H,21,25). The van der Waals surface area contributed by atoms with E-state index in [1.54, 1.807) is 24.3 Å². The van der Waals surface area contributed by atoms with Gasteiger partial charge in [0.1, 0.15) is 17.9 Å². The summed E-state index contributed by atoms with van der Waals surface area (Å²) in [6.07, 6.45) is 0. The molecule has 7 nitrogen and oxygen atoms in total. The average molecular weight is 368 g/mol. The number of aromatic nitrogens is 1. The third-order valence-electron chi connectivity index (χ3n) is 4.35. The molecule has 2 aromatic carbocycles. The molecule has 0 spiro atoms. The molecule has 3 amide bonds. The van der Waals surface area contributed by atoms with E-state index in [-0.39, 0.29) is 24.7 Å². The van der Waals surface area contributed by atoms with Crippen molar-refractivity contribution in [3.8, 4) is 0 Å². The molecule has 1 fully saturated rings. The van der Waals surface area contributed by atoms with Gasteiger partial charge < -0.3 is 14.6 Å². The minimum Gasteiger partial charge on any atom is -0.439 e. The van der Waals surface area contributed by atoms with E-state index in [4.69, 9.17) is 4.42 Å². The zero-order valence-corrected chi connectivity index (χ0v) is 14.4. The maximum atomic E-state index is 13.9. The van der Waals surface area contributed by atoms with Gasteiger partial charge in [0.15, 0.2) is 5.58 Å². The molecule has 1 N–H and O–H groups in total. The summed E-state index contributed by atoms with van der Waals surface area (Å²) < 4.78 is 19.4. The van der Waals surface area contributed by atoms with Crippen LogP contribution in [0.2, 0.25) is 0 Å². The fourth-order valence-electron chi connectivity index (χ4n) is 3.02. The summed E-state index contributed by atoms with van der Waals surface area (Å²) in [7, 11) is 0. The smallest absolute Gasteiger partial charge is 0.325 e. The van der Waals surface area contributed by atoms with Crippen molar-refractivity contribution in [1.29, 1.82) is 0 Å². The number of nitrogens with one attached hydrogen (secondary N) is 1.